The molecule has 0 bridgehead atoms. The van der Waals surface area contributed by atoms with E-state index in [4.69, 9.17) is 5.84 Å². The minimum Gasteiger partial charge on any atom is -0.369 e. The number of carbonyl (C=O) groups excluding carboxylic acids is 9. The highest BCUT2D eigenvalue weighted by molar-refractivity contribution is 6.13. The molecule has 103 heavy (non-hydrogen) atoms. The Kier molecular flexibility index (Phi) is 21.2. The van der Waals surface area contributed by atoms with E-state index in [1.165, 1.54) is 66.7 Å². The van der Waals surface area contributed by atoms with Crippen LogP contribution in [0, 0.1) is 0 Å². The number of hydrogen-bond acceptors (Lipinski definition) is 12. The third-order valence-electron chi connectivity index (χ3n) is 16.2. The number of carbonyl (C=O) groups is 9. The lowest BCUT2D eigenvalue weighted by molar-refractivity contribution is 0.0981. The van der Waals surface area contributed by atoms with Crippen LogP contribution in [0.5, 0.6) is 0 Å². The van der Waals surface area contributed by atoms with Crippen LogP contribution in [0.25, 0.3) is 11.1 Å². The number of aliphatic hydroxyl groups is 1. The largest absolute Gasteiger partial charge is 0.369 e. The molecule has 0 aliphatic heterocycles. The maximum Gasteiger partial charge on any atom is 0.272 e. The second-order valence-electron chi connectivity index (χ2n) is 23.4. The highest BCUT2D eigenvalue weighted by atomic mass is 16.3. The van der Waals surface area contributed by atoms with E-state index in [0.717, 1.165) is 5.01 Å². The smallest absolute Gasteiger partial charge is 0.272 e. The van der Waals surface area contributed by atoms with Crippen molar-refractivity contribution in [1.82, 2.24) is 0 Å². The molecule has 0 fully saturated rings. The minimum atomic E-state index is -1.45. The van der Waals surface area contributed by atoms with E-state index in [-0.39, 0.29) is 45.7 Å². The fraction of sp³-hybridized carbons (Fsp3) is 0.0122. The summed E-state index contributed by atoms with van der Waals surface area (Å²) in [4.78, 5) is 121. The number of nitrogens with zero attached hydrogens (tertiary/aromatic N) is 1. The Balaban J connectivity index is 0.661. The van der Waals surface area contributed by atoms with Crippen molar-refractivity contribution in [2.24, 2.45) is 5.84 Å². The van der Waals surface area contributed by atoms with E-state index >= 15 is 0 Å². The summed E-state index contributed by atoms with van der Waals surface area (Å²) >= 11 is 0. The molecule has 1 unspecified atom stereocenters. The lowest BCUT2D eigenvalue weighted by atomic mass is 9.97. The summed E-state index contributed by atoms with van der Waals surface area (Å²) in [5, 5.41) is 38.2. The molecule has 1 atom stereocenters. The Morgan fingerprint density at radius 1 is 0.272 bits per heavy atom. The van der Waals surface area contributed by atoms with Crippen LogP contribution in [0.15, 0.2) is 303 Å². The van der Waals surface area contributed by atoms with Gasteiger partial charge in [0.05, 0.1) is 5.69 Å². The van der Waals surface area contributed by atoms with Gasteiger partial charge in [-0.25, -0.2) is 10.9 Å². The molecule has 0 heterocycles. The Morgan fingerprint density at radius 2 is 0.563 bits per heavy atom. The van der Waals surface area contributed by atoms with Crippen molar-refractivity contribution in [3.8, 4) is 11.1 Å². The number of anilines is 10. The van der Waals surface area contributed by atoms with Crippen molar-refractivity contribution in [2.75, 3.05) is 52.9 Å². The third kappa shape index (κ3) is 17.7. The zero-order chi connectivity index (χ0) is 71.8. The molecule has 0 saturated heterocycles. The van der Waals surface area contributed by atoms with Gasteiger partial charge in [0, 0.05) is 107 Å². The molecule has 12 aromatic carbocycles. The number of benzene rings is 12. The highest BCUT2D eigenvalue weighted by Crippen LogP contribution is 2.30. The zero-order valence-corrected chi connectivity index (χ0v) is 54.6. The van der Waals surface area contributed by atoms with Crippen molar-refractivity contribution < 1.29 is 48.3 Å². The van der Waals surface area contributed by atoms with Gasteiger partial charge in [-0.3, -0.25) is 43.2 Å². The van der Waals surface area contributed by atoms with Gasteiger partial charge in [0.15, 0.2) is 6.23 Å². The van der Waals surface area contributed by atoms with Crippen LogP contribution in [-0.2, 0) is 0 Å². The molecule has 12 aromatic rings. The van der Waals surface area contributed by atoms with Crippen molar-refractivity contribution in [3.05, 3.63) is 359 Å². The maximum absolute atomic E-state index is 14.2. The number of hydrazine groups is 1. The second kappa shape index (κ2) is 31.9. The molecule has 0 aliphatic carbocycles. The number of amides is 9. The lowest BCUT2D eigenvalue weighted by Gasteiger charge is -2.19. The lowest BCUT2D eigenvalue weighted by Crippen LogP contribution is -2.37. The first-order valence-electron chi connectivity index (χ1n) is 32.2. The predicted molar refractivity (Wildman–Crippen MR) is 400 cm³/mol. The van der Waals surface area contributed by atoms with Crippen LogP contribution in [-0.4, -0.2) is 58.3 Å². The molecule has 0 aliphatic rings. The monoisotopic (exact) mass is 1360 g/mol. The molecule has 21 nitrogen and oxygen atoms in total. The molecular weight excluding hydrogens is 1300 g/mol. The van der Waals surface area contributed by atoms with E-state index in [2.05, 4.69) is 47.9 Å². The molecule has 506 valence electrons. The van der Waals surface area contributed by atoms with Crippen LogP contribution in [0.1, 0.15) is 105 Å². The Hall–Kier alpha value is -14.4. The van der Waals surface area contributed by atoms with Gasteiger partial charge in [0.2, 0.25) is 0 Å². The molecular formula is C82H63N11O10. The first-order valence-corrected chi connectivity index (χ1v) is 32.2. The number of hydrogen-bond donors (Lipinski definition) is 11. The van der Waals surface area contributed by atoms with Gasteiger partial charge in [-0.1, -0.05) is 84.9 Å². The predicted octanol–water partition coefficient (Wildman–Crippen LogP) is 15.0. The second-order valence-corrected chi connectivity index (χ2v) is 23.4. The molecule has 0 aromatic heterocycles. The first-order chi connectivity index (χ1) is 50.0. The van der Waals surface area contributed by atoms with E-state index in [1.54, 1.807) is 224 Å². The van der Waals surface area contributed by atoms with Crippen LogP contribution < -0.4 is 58.7 Å². The van der Waals surface area contributed by atoms with Crippen molar-refractivity contribution in [2.45, 2.75) is 6.23 Å². The zero-order valence-electron chi connectivity index (χ0n) is 54.6. The molecule has 9 amide bonds. The van der Waals surface area contributed by atoms with Crippen LogP contribution in [0.3, 0.4) is 0 Å². The average Bonchev–Trinajstić information content (AvgIpc) is 0.815. The van der Waals surface area contributed by atoms with Crippen molar-refractivity contribution in [3.63, 3.8) is 0 Å². The molecule has 0 spiro atoms. The SMILES string of the molecule is NN(C(=O)c1cccc(-c2ccccc2C(=O)Nc2ccc(NC(=O)c3ccc(C(=O)Nc4ccc(NC(=O)c5ccccc5)cc4)cc3)cc2)c1)c1ccc(NC(=O)c2cc(C(=O)Nc3ccc(NC(=O)c4ccccc4)cc3)cc(C(O)Nc3ccc(NC(=O)c4ccccc4)cc3)c2)cc1. The van der Waals surface area contributed by atoms with Gasteiger partial charge in [-0.2, -0.15) is 0 Å². The maximum atomic E-state index is 14.2. The van der Waals surface area contributed by atoms with Gasteiger partial charge in [0.1, 0.15) is 0 Å². The fourth-order valence-electron chi connectivity index (χ4n) is 10.8. The summed E-state index contributed by atoms with van der Waals surface area (Å²) in [6.07, 6.45) is -1.45. The summed E-state index contributed by atoms with van der Waals surface area (Å²) in [7, 11) is 0. The Bertz CT molecular complexity index is 5130. The van der Waals surface area contributed by atoms with Gasteiger partial charge in [-0.05, 0) is 230 Å². The van der Waals surface area contributed by atoms with Gasteiger partial charge < -0.3 is 53.0 Å². The van der Waals surface area contributed by atoms with E-state index in [1.807, 2.05) is 12.1 Å². The molecule has 0 radical (unpaired) electrons. The summed E-state index contributed by atoms with van der Waals surface area (Å²) in [6.45, 7) is 0. The minimum absolute atomic E-state index is 0.00109. The van der Waals surface area contributed by atoms with E-state index < -0.39 is 41.7 Å². The summed E-state index contributed by atoms with van der Waals surface area (Å²) in [6, 6.07) is 82.5. The molecule has 12 rings (SSSR count). The fourth-order valence-corrected chi connectivity index (χ4v) is 10.8. The summed E-state index contributed by atoms with van der Waals surface area (Å²) in [5.41, 5.74) is 8.11. The van der Waals surface area contributed by atoms with Crippen molar-refractivity contribution >= 4 is 110 Å². The van der Waals surface area contributed by atoms with E-state index in [9.17, 15) is 48.3 Å². The number of nitrogens with two attached hydrogens (primary N) is 1. The number of rotatable bonds is 22. The topological polar surface area (TPSA) is 311 Å². The van der Waals surface area contributed by atoms with Gasteiger partial charge in [0.25, 0.3) is 53.2 Å². The standard InChI is InChI=1S/C82H63N11O10/c83-93(82(103)57-20-12-19-56(47-57)71-21-10-11-22-72(71)81(102)92-68-41-39-65(40-42-68)88-77(98)55-25-23-54(24-26-55)76(97)87-64-29-27-61(28-30-64)84-73(94)51-13-4-1-5-14-51)70-45-43-69(44-46-70)91-80(101)60-49-58(78(99)89-66-35-31-62(32-36-66)85-74(95)52-15-6-2-7-16-52)48-59(50-60)79(100)90-67-37-33-63(34-38-67)86-75(96)53-17-8-3-9-18-53/h1-50,78,89,99H,83H2,(H,84,94)(H,85,95)(H,86,96)(H,87,97)(H,88,98)(H,90,100)(H,91,101)(H,92,102). The van der Waals surface area contributed by atoms with E-state index in [0.29, 0.717) is 95.7 Å². The highest BCUT2D eigenvalue weighted by Gasteiger charge is 2.22. The average molecular weight is 1360 g/mol. The molecule has 21 heteroatoms. The quantitative estimate of drug-likeness (QED) is 0.0131. The summed E-state index contributed by atoms with van der Waals surface area (Å²) in [5.74, 6) is 2.47. The van der Waals surface area contributed by atoms with Gasteiger partial charge >= 0.3 is 0 Å². The molecule has 0 saturated carbocycles. The summed E-state index contributed by atoms with van der Waals surface area (Å²) < 4.78 is 0. The van der Waals surface area contributed by atoms with Gasteiger partial charge in [-0.15, -0.1) is 0 Å². The Labute approximate surface area is 590 Å². The molecule has 12 N–H and O–H groups in total. The third-order valence-corrected chi connectivity index (χ3v) is 16.2. The van der Waals surface area contributed by atoms with Crippen LogP contribution in [0.4, 0.5) is 56.9 Å². The van der Waals surface area contributed by atoms with Crippen molar-refractivity contribution in [1.29, 1.82) is 0 Å². The Morgan fingerprint density at radius 3 is 0.932 bits per heavy atom. The normalized spacial score (nSPS) is 10.9. The van der Waals surface area contributed by atoms with Crippen LogP contribution in [0.2, 0.25) is 0 Å². The number of nitrogens with one attached hydrogen (secondary N) is 9. The first kappa shape index (κ1) is 68.5. The number of aliphatic hydroxyl groups excluding tert-OH is 1. The van der Waals surface area contributed by atoms with Crippen LogP contribution >= 0.6 is 0 Å².